The topological polar surface area (TPSA) is 27.1 Å². The summed E-state index contributed by atoms with van der Waals surface area (Å²) in [6, 6.07) is 10.1. The van der Waals surface area contributed by atoms with Crippen molar-refractivity contribution < 1.29 is 17.9 Å². The van der Waals surface area contributed by atoms with E-state index >= 15 is 0 Å². The number of aryl methyl sites for hydroxylation is 1. The summed E-state index contributed by atoms with van der Waals surface area (Å²) in [5, 5.41) is 1.79. The van der Waals surface area contributed by atoms with Crippen molar-refractivity contribution in [2.75, 3.05) is 0 Å². The van der Waals surface area contributed by atoms with Gasteiger partial charge in [0.05, 0.1) is 16.6 Å². The van der Waals surface area contributed by atoms with Crippen molar-refractivity contribution in [3.05, 3.63) is 54.4 Å². The van der Waals surface area contributed by atoms with Gasteiger partial charge in [-0.2, -0.15) is 13.2 Å². The van der Waals surface area contributed by atoms with Crippen LogP contribution in [0.15, 0.2) is 48.8 Å². The number of benzene rings is 2. The molecule has 0 radical (unpaired) electrons. The molecule has 0 fully saturated rings. The fraction of sp³-hybridized carbons (Fsp3) is 0.105. The highest BCUT2D eigenvalue weighted by atomic mass is 19.4. The number of nitrogens with zero attached hydrogens (tertiary/aromatic N) is 2. The van der Waals surface area contributed by atoms with Gasteiger partial charge in [-0.3, -0.25) is 4.98 Å². The van der Waals surface area contributed by atoms with E-state index in [1.54, 1.807) is 48.3 Å². The number of hydrogen-bond acceptors (Lipinski definition) is 2. The molecular weight excluding hydrogens is 329 g/mol. The summed E-state index contributed by atoms with van der Waals surface area (Å²) in [5.41, 5.74) is 0.464. The van der Waals surface area contributed by atoms with Gasteiger partial charge >= 0.3 is 6.18 Å². The quantitative estimate of drug-likeness (QED) is 0.347. The molecule has 1 aliphatic heterocycles. The first kappa shape index (κ1) is 14.3. The van der Waals surface area contributed by atoms with Gasteiger partial charge in [-0.05, 0) is 28.3 Å². The highest BCUT2D eigenvalue weighted by Crippen LogP contribution is 2.53. The summed E-state index contributed by atoms with van der Waals surface area (Å²) in [6.07, 6.45) is -1.16. The second kappa shape index (κ2) is 4.53. The van der Waals surface area contributed by atoms with Crippen molar-refractivity contribution in [3.63, 3.8) is 0 Å². The summed E-state index contributed by atoms with van der Waals surface area (Å²) in [4.78, 5) is 4.36. The molecule has 2 aromatic carbocycles. The molecule has 1 aliphatic rings. The van der Waals surface area contributed by atoms with Crippen molar-refractivity contribution in [1.82, 2.24) is 9.55 Å². The summed E-state index contributed by atoms with van der Waals surface area (Å²) >= 11 is 0. The Morgan fingerprint density at radius 1 is 1.00 bits per heavy atom. The molecule has 25 heavy (non-hydrogen) atoms. The first-order valence-corrected chi connectivity index (χ1v) is 7.71. The molecular formula is C19H11F3N2O. The fourth-order valence-electron chi connectivity index (χ4n) is 3.61. The molecule has 0 amide bonds. The molecule has 0 saturated carbocycles. The van der Waals surface area contributed by atoms with E-state index in [0.29, 0.717) is 33.3 Å². The molecule has 124 valence electrons. The predicted octanol–water partition coefficient (Wildman–Crippen LogP) is 5.52. The lowest BCUT2D eigenvalue weighted by atomic mass is 9.93. The minimum atomic E-state index is -4.54. The molecule has 3 heterocycles. The third-order valence-electron chi connectivity index (χ3n) is 4.64. The van der Waals surface area contributed by atoms with Crippen molar-refractivity contribution in [3.8, 4) is 22.9 Å². The summed E-state index contributed by atoms with van der Waals surface area (Å²) in [7, 11) is 1.73. The van der Waals surface area contributed by atoms with Gasteiger partial charge in [0.2, 0.25) is 5.88 Å². The van der Waals surface area contributed by atoms with E-state index in [4.69, 9.17) is 4.74 Å². The lowest BCUT2D eigenvalue weighted by Crippen LogP contribution is -2.12. The van der Waals surface area contributed by atoms with Crippen molar-refractivity contribution in [2.45, 2.75) is 6.18 Å². The largest absolute Gasteiger partial charge is 0.439 e. The van der Waals surface area contributed by atoms with Crippen molar-refractivity contribution >= 4 is 21.5 Å². The molecule has 0 spiro atoms. The Morgan fingerprint density at radius 2 is 1.76 bits per heavy atom. The fourth-order valence-corrected chi connectivity index (χ4v) is 3.61. The molecule has 0 unspecified atom stereocenters. The number of fused-ring (bicyclic) bond motifs is 4. The van der Waals surface area contributed by atoms with Crippen LogP contribution in [0, 0.1) is 0 Å². The van der Waals surface area contributed by atoms with Crippen LogP contribution < -0.4 is 4.74 Å². The van der Waals surface area contributed by atoms with Crippen molar-refractivity contribution in [2.24, 2.45) is 7.05 Å². The van der Waals surface area contributed by atoms with Crippen LogP contribution in [-0.2, 0) is 13.2 Å². The van der Waals surface area contributed by atoms with E-state index < -0.39 is 11.7 Å². The number of pyridine rings is 1. The average molecular weight is 340 g/mol. The average Bonchev–Trinajstić information content (AvgIpc) is 2.95. The van der Waals surface area contributed by atoms with E-state index in [2.05, 4.69) is 4.98 Å². The first-order valence-electron chi connectivity index (χ1n) is 7.71. The van der Waals surface area contributed by atoms with Gasteiger partial charge in [0.15, 0.2) is 5.75 Å². The molecule has 5 rings (SSSR count). The third-order valence-corrected chi connectivity index (χ3v) is 4.64. The molecule has 3 nitrogen and oxygen atoms in total. The second-order valence-corrected chi connectivity index (χ2v) is 6.08. The van der Waals surface area contributed by atoms with E-state index in [1.165, 1.54) is 6.07 Å². The maximum absolute atomic E-state index is 13.9. The van der Waals surface area contributed by atoms with Crippen LogP contribution in [-0.4, -0.2) is 9.55 Å². The number of ether oxygens (including phenoxy) is 1. The number of halogens is 3. The minimum absolute atomic E-state index is 0.132. The van der Waals surface area contributed by atoms with Crippen LogP contribution in [0.5, 0.6) is 11.6 Å². The van der Waals surface area contributed by atoms with E-state index in [1.807, 2.05) is 6.07 Å². The zero-order chi connectivity index (χ0) is 17.3. The summed E-state index contributed by atoms with van der Waals surface area (Å²) in [6.45, 7) is 0. The number of aromatic nitrogens is 2. The zero-order valence-corrected chi connectivity index (χ0v) is 13.1. The highest BCUT2D eigenvalue weighted by molar-refractivity contribution is 6.17. The van der Waals surface area contributed by atoms with E-state index in [-0.39, 0.29) is 11.1 Å². The molecule has 2 aromatic heterocycles. The van der Waals surface area contributed by atoms with Crippen LogP contribution in [0.4, 0.5) is 13.2 Å². The van der Waals surface area contributed by atoms with Crippen LogP contribution in [0.3, 0.4) is 0 Å². The smallest absolute Gasteiger partial charge is 0.420 e. The second-order valence-electron chi connectivity index (χ2n) is 6.08. The Hall–Kier alpha value is -3.02. The molecule has 4 aromatic rings. The van der Waals surface area contributed by atoms with E-state index in [9.17, 15) is 13.2 Å². The van der Waals surface area contributed by atoms with Gasteiger partial charge < -0.3 is 9.30 Å². The maximum atomic E-state index is 13.9. The molecule has 6 heteroatoms. The molecule has 0 aliphatic carbocycles. The minimum Gasteiger partial charge on any atom is -0.439 e. The molecule has 0 atom stereocenters. The van der Waals surface area contributed by atoms with Gasteiger partial charge in [0.25, 0.3) is 0 Å². The lowest BCUT2D eigenvalue weighted by molar-refractivity contribution is -0.137. The summed E-state index contributed by atoms with van der Waals surface area (Å²) in [5.74, 6) is 0.201. The van der Waals surface area contributed by atoms with Crippen LogP contribution in [0.2, 0.25) is 0 Å². The predicted molar refractivity (Wildman–Crippen MR) is 88.7 cm³/mol. The van der Waals surface area contributed by atoms with Crippen molar-refractivity contribution in [1.29, 1.82) is 0 Å². The van der Waals surface area contributed by atoms with Crippen LogP contribution in [0.25, 0.3) is 32.8 Å². The maximum Gasteiger partial charge on any atom is 0.420 e. The molecule has 0 bridgehead atoms. The standard InChI is InChI=1S/C19H11F3N2O/c1-24-9-7-13-16-14-11(6-8-23-16)10-4-2-3-5-12(10)15(19(20,21)22)17(14)25-18(13)24/h2-9H,1H3. The summed E-state index contributed by atoms with van der Waals surface area (Å²) < 4.78 is 49.3. The Labute approximate surface area is 140 Å². The number of rotatable bonds is 0. The first-order chi connectivity index (χ1) is 12.0. The SMILES string of the molecule is Cn1ccc2c1Oc1c(C(F)(F)F)c3ccccc3c3ccnc-2c13. The third kappa shape index (κ3) is 1.79. The number of hydrogen-bond donors (Lipinski definition) is 0. The highest BCUT2D eigenvalue weighted by Gasteiger charge is 2.40. The van der Waals surface area contributed by atoms with Gasteiger partial charge in [-0.15, -0.1) is 0 Å². The van der Waals surface area contributed by atoms with Gasteiger partial charge in [-0.25, -0.2) is 0 Å². The monoisotopic (exact) mass is 340 g/mol. The van der Waals surface area contributed by atoms with Gasteiger partial charge in [0, 0.05) is 19.4 Å². The number of alkyl halides is 3. The zero-order valence-electron chi connectivity index (χ0n) is 13.1. The van der Waals surface area contributed by atoms with Crippen LogP contribution >= 0.6 is 0 Å². The Balaban J connectivity index is 2.08. The molecule has 0 N–H and O–H groups in total. The Morgan fingerprint density at radius 3 is 2.52 bits per heavy atom. The molecule has 0 saturated heterocycles. The van der Waals surface area contributed by atoms with Gasteiger partial charge in [0.1, 0.15) is 5.56 Å². The Bertz CT molecular complexity index is 1170. The normalized spacial score (nSPS) is 13.1. The lowest BCUT2D eigenvalue weighted by Gasteiger charge is -2.24. The Kier molecular flexibility index (Phi) is 2.60. The van der Waals surface area contributed by atoms with Gasteiger partial charge in [-0.1, -0.05) is 24.3 Å². The van der Waals surface area contributed by atoms with Crippen LogP contribution in [0.1, 0.15) is 5.56 Å². The van der Waals surface area contributed by atoms with E-state index in [0.717, 1.165) is 0 Å².